The first kappa shape index (κ1) is 14.5. The average molecular weight is 390 g/mol. The minimum Gasteiger partial charge on any atom is -0.369 e. The van der Waals surface area contributed by atoms with Crippen molar-refractivity contribution in [2.24, 2.45) is 11.7 Å². The summed E-state index contributed by atoms with van der Waals surface area (Å²) in [6, 6.07) is 5.48. The van der Waals surface area contributed by atoms with E-state index < -0.39 is 0 Å². The van der Waals surface area contributed by atoms with Crippen LogP contribution in [0.25, 0.3) is 0 Å². The molecule has 1 saturated heterocycles. The van der Waals surface area contributed by atoms with Crippen LogP contribution in [-0.4, -0.2) is 29.8 Å². The van der Waals surface area contributed by atoms with Crippen molar-refractivity contribution in [2.75, 3.05) is 13.1 Å². The molecule has 0 spiro atoms. The zero-order chi connectivity index (χ0) is 14.0. The van der Waals surface area contributed by atoms with Crippen LogP contribution in [0, 0.1) is 5.92 Å². The molecule has 0 unspecified atom stereocenters. The van der Waals surface area contributed by atoms with E-state index in [-0.39, 0.29) is 17.7 Å². The van der Waals surface area contributed by atoms with E-state index in [1.807, 2.05) is 6.07 Å². The van der Waals surface area contributed by atoms with Gasteiger partial charge in [-0.3, -0.25) is 9.59 Å². The van der Waals surface area contributed by atoms with Crippen LogP contribution in [0.5, 0.6) is 0 Å². The minimum atomic E-state index is -0.266. The third-order valence-electron chi connectivity index (χ3n) is 3.29. The first-order valence-electron chi connectivity index (χ1n) is 6.02. The maximum atomic E-state index is 12.3. The number of primary amides is 1. The number of carbonyl (C=O) groups excluding carboxylic acids is 2. The SMILES string of the molecule is NC(=O)C1CCN(C(=O)c2cc(Br)cc(Br)c2)CC1. The third-order valence-corrected chi connectivity index (χ3v) is 4.21. The number of halogens is 2. The zero-order valence-electron chi connectivity index (χ0n) is 10.2. The Bertz CT molecular complexity index is 491. The lowest BCUT2D eigenvalue weighted by molar-refractivity contribution is -0.123. The molecule has 0 aliphatic carbocycles. The molecule has 1 heterocycles. The van der Waals surface area contributed by atoms with Gasteiger partial charge in [0.1, 0.15) is 0 Å². The van der Waals surface area contributed by atoms with Crippen molar-refractivity contribution in [3.05, 3.63) is 32.7 Å². The second-order valence-electron chi connectivity index (χ2n) is 4.63. The lowest BCUT2D eigenvalue weighted by Crippen LogP contribution is -2.41. The summed E-state index contributed by atoms with van der Waals surface area (Å²) in [4.78, 5) is 25.2. The number of nitrogens with zero attached hydrogens (tertiary/aromatic N) is 1. The summed E-state index contributed by atoms with van der Waals surface area (Å²) in [6.45, 7) is 1.16. The van der Waals surface area contributed by atoms with Gasteiger partial charge in [0.25, 0.3) is 5.91 Å². The van der Waals surface area contributed by atoms with Crippen LogP contribution in [0.1, 0.15) is 23.2 Å². The van der Waals surface area contributed by atoms with Gasteiger partial charge in [0.15, 0.2) is 0 Å². The lowest BCUT2D eigenvalue weighted by atomic mass is 9.96. The van der Waals surface area contributed by atoms with Crippen molar-refractivity contribution < 1.29 is 9.59 Å². The number of nitrogens with two attached hydrogens (primary N) is 1. The van der Waals surface area contributed by atoms with Crippen molar-refractivity contribution >= 4 is 43.7 Å². The van der Waals surface area contributed by atoms with Gasteiger partial charge in [-0.25, -0.2) is 0 Å². The van der Waals surface area contributed by atoms with Gasteiger partial charge < -0.3 is 10.6 Å². The summed E-state index contributed by atoms with van der Waals surface area (Å²) in [5.74, 6) is -0.375. The molecule has 2 rings (SSSR count). The molecular formula is C13H14Br2N2O2. The quantitative estimate of drug-likeness (QED) is 0.844. The molecule has 0 aromatic heterocycles. The molecule has 0 radical (unpaired) electrons. The molecule has 1 aliphatic rings. The summed E-state index contributed by atoms with van der Waals surface area (Å²) in [6.07, 6.45) is 1.30. The average Bonchev–Trinajstić information content (AvgIpc) is 2.37. The number of likely N-dealkylation sites (tertiary alicyclic amines) is 1. The molecule has 6 heteroatoms. The molecule has 2 N–H and O–H groups in total. The highest BCUT2D eigenvalue weighted by molar-refractivity contribution is 9.11. The predicted octanol–water partition coefficient (Wildman–Crippen LogP) is 2.55. The second kappa shape index (κ2) is 6.05. The molecule has 4 nitrogen and oxygen atoms in total. The van der Waals surface area contributed by atoms with E-state index in [0.29, 0.717) is 31.5 Å². The van der Waals surface area contributed by atoms with E-state index in [9.17, 15) is 9.59 Å². The molecular weight excluding hydrogens is 376 g/mol. The van der Waals surface area contributed by atoms with Crippen LogP contribution >= 0.6 is 31.9 Å². The van der Waals surface area contributed by atoms with Gasteiger partial charge in [0.2, 0.25) is 5.91 Å². The Hall–Kier alpha value is -0.880. The van der Waals surface area contributed by atoms with E-state index in [1.54, 1.807) is 17.0 Å². The van der Waals surface area contributed by atoms with Crippen LogP contribution < -0.4 is 5.73 Å². The molecule has 0 bridgehead atoms. The van der Waals surface area contributed by atoms with Crippen molar-refractivity contribution in [1.82, 2.24) is 4.90 Å². The smallest absolute Gasteiger partial charge is 0.253 e. The van der Waals surface area contributed by atoms with E-state index >= 15 is 0 Å². The Morgan fingerprint density at radius 2 is 1.63 bits per heavy atom. The molecule has 0 atom stereocenters. The van der Waals surface area contributed by atoms with E-state index in [4.69, 9.17) is 5.73 Å². The Kier molecular flexibility index (Phi) is 4.62. The summed E-state index contributed by atoms with van der Waals surface area (Å²) in [5.41, 5.74) is 5.92. The maximum absolute atomic E-state index is 12.3. The highest BCUT2D eigenvalue weighted by atomic mass is 79.9. The van der Waals surface area contributed by atoms with Gasteiger partial charge in [0.05, 0.1) is 0 Å². The Morgan fingerprint density at radius 3 is 2.11 bits per heavy atom. The topological polar surface area (TPSA) is 63.4 Å². The first-order chi connectivity index (χ1) is 8.97. The normalized spacial score (nSPS) is 16.4. The standard InChI is InChI=1S/C13H14Br2N2O2/c14-10-5-9(6-11(15)7-10)13(19)17-3-1-8(2-4-17)12(16)18/h5-8H,1-4H2,(H2,16,18). The molecule has 1 aliphatic heterocycles. The molecule has 102 valence electrons. The largest absolute Gasteiger partial charge is 0.369 e. The number of hydrogen-bond donors (Lipinski definition) is 1. The Morgan fingerprint density at radius 1 is 1.11 bits per heavy atom. The Balaban J connectivity index is 2.07. The van der Waals surface area contributed by atoms with Gasteiger partial charge in [-0.05, 0) is 31.0 Å². The minimum absolute atomic E-state index is 0.00933. The van der Waals surface area contributed by atoms with E-state index in [0.717, 1.165) is 8.95 Å². The maximum Gasteiger partial charge on any atom is 0.253 e. The number of carbonyl (C=O) groups is 2. The lowest BCUT2D eigenvalue weighted by Gasteiger charge is -2.30. The van der Waals surface area contributed by atoms with Gasteiger partial charge >= 0.3 is 0 Å². The van der Waals surface area contributed by atoms with Crippen LogP contribution in [-0.2, 0) is 4.79 Å². The fourth-order valence-corrected chi connectivity index (χ4v) is 3.52. The third kappa shape index (κ3) is 3.57. The Labute approximate surface area is 128 Å². The van der Waals surface area contributed by atoms with Crippen LogP contribution in [0.3, 0.4) is 0 Å². The zero-order valence-corrected chi connectivity index (χ0v) is 13.4. The van der Waals surface area contributed by atoms with E-state index in [1.165, 1.54) is 0 Å². The van der Waals surface area contributed by atoms with Crippen LogP contribution in [0.15, 0.2) is 27.1 Å². The number of rotatable bonds is 2. The number of benzene rings is 1. The first-order valence-corrected chi connectivity index (χ1v) is 7.60. The van der Waals surface area contributed by atoms with Crippen molar-refractivity contribution in [2.45, 2.75) is 12.8 Å². The van der Waals surface area contributed by atoms with Gasteiger partial charge in [-0.15, -0.1) is 0 Å². The van der Waals surface area contributed by atoms with Crippen molar-refractivity contribution in [3.8, 4) is 0 Å². The van der Waals surface area contributed by atoms with Crippen LogP contribution in [0.2, 0.25) is 0 Å². The molecule has 2 amide bonds. The highest BCUT2D eigenvalue weighted by Gasteiger charge is 2.26. The number of piperidine rings is 1. The summed E-state index contributed by atoms with van der Waals surface area (Å²) in [7, 11) is 0. The van der Waals surface area contributed by atoms with Gasteiger partial charge in [0, 0.05) is 33.5 Å². The van der Waals surface area contributed by atoms with Crippen molar-refractivity contribution in [1.29, 1.82) is 0 Å². The number of hydrogen-bond acceptors (Lipinski definition) is 2. The summed E-state index contributed by atoms with van der Waals surface area (Å²) in [5, 5.41) is 0. The fourth-order valence-electron chi connectivity index (χ4n) is 2.23. The molecule has 19 heavy (non-hydrogen) atoms. The molecule has 0 saturated carbocycles. The number of amides is 2. The van der Waals surface area contributed by atoms with Crippen molar-refractivity contribution in [3.63, 3.8) is 0 Å². The van der Waals surface area contributed by atoms with Gasteiger partial charge in [-0.2, -0.15) is 0 Å². The molecule has 1 aromatic rings. The highest BCUT2D eigenvalue weighted by Crippen LogP contribution is 2.23. The second-order valence-corrected chi connectivity index (χ2v) is 6.46. The van der Waals surface area contributed by atoms with Gasteiger partial charge in [-0.1, -0.05) is 31.9 Å². The molecule has 1 aromatic carbocycles. The monoisotopic (exact) mass is 388 g/mol. The summed E-state index contributed by atoms with van der Waals surface area (Å²) < 4.78 is 1.72. The fraction of sp³-hybridized carbons (Fsp3) is 0.385. The summed E-state index contributed by atoms with van der Waals surface area (Å²) >= 11 is 6.74. The predicted molar refractivity (Wildman–Crippen MR) is 79.7 cm³/mol. The molecule has 1 fully saturated rings. The van der Waals surface area contributed by atoms with E-state index in [2.05, 4.69) is 31.9 Å². The van der Waals surface area contributed by atoms with Crippen LogP contribution in [0.4, 0.5) is 0 Å².